The van der Waals surface area contributed by atoms with Crippen molar-refractivity contribution < 1.29 is 9.18 Å². The minimum Gasteiger partial charge on any atom is -0.321 e. The molecule has 0 bridgehead atoms. The maximum atomic E-state index is 13.3. The molecule has 1 amide bonds. The third-order valence-electron chi connectivity index (χ3n) is 4.20. The van der Waals surface area contributed by atoms with E-state index in [0.717, 1.165) is 17.2 Å². The van der Waals surface area contributed by atoms with Gasteiger partial charge in [-0.1, -0.05) is 41.9 Å². The number of pyridine rings is 1. The zero-order valence-corrected chi connectivity index (χ0v) is 15.8. The van der Waals surface area contributed by atoms with Gasteiger partial charge in [0.1, 0.15) is 5.82 Å². The van der Waals surface area contributed by atoms with Gasteiger partial charge >= 0.3 is 0 Å². The quantitative estimate of drug-likeness (QED) is 0.504. The van der Waals surface area contributed by atoms with Crippen molar-refractivity contribution in [1.82, 2.24) is 15.0 Å². The number of nitrogens with zero attached hydrogens (tertiary/aromatic N) is 3. The van der Waals surface area contributed by atoms with Crippen molar-refractivity contribution in [2.45, 2.75) is 0 Å². The van der Waals surface area contributed by atoms with Crippen LogP contribution < -0.4 is 5.32 Å². The van der Waals surface area contributed by atoms with Crippen molar-refractivity contribution in [1.29, 1.82) is 0 Å². The topological polar surface area (TPSA) is 67.8 Å². The molecule has 142 valence electrons. The Hall–Kier alpha value is -3.64. The standard InChI is InChI=1S/C22H14ClFN4O/c23-18-12-16(24)6-7-19(18)27-22(29)17-13-26-21(15-4-2-1-3-5-15)28-20(17)14-8-10-25-11-9-14/h1-13H,(H,27,29). The predicted molar refractivity (Wildman–Crippen MR) is 110 cm³/mol. The number of carbonyl (C=O) groups is 1. The lowest BCUT2D eigenvalue weighted by molar-refractivity contribution is 0.102. The molecule has 2 heterocycles. The minimum absolute atomic E-state index is 0.102. The summed E-state index contributed by atoms with van der Waals surface area (Å²) in [4.78, 5) is 25.9. The highest BCUT2D eigenvalue weighted by Crippen LogP contribution is 2.27. The van der Waals surface area contributed by atoms with E-state index in [9.17, 15) is 9.18 Å². The summed E-state index contributed by atoms with van der Waals surface area (Å²) in [7, 11) is 0. The van der Waals surface area contributed by atoms with Crippen LogP contribution >= 0.6 is 11.6 Å². The predicted octanol–water partition coefficient (Wildman–Crippen LogP) is 5.25. The summed E-state index contributed by atoms with van der Waals surface area (Å²) in [6, 6.07) is 16.8. The van der Waals surface area contributed by atoms with Crippen LogP contribution in [0.1, 0.15) is 10.4 Å². The molecule has 1 N–H and O–H groups in total. The van der Waals surface area contributed by atoms with Crippen LogP contribution in [-0.2, 0) is 0 Å². The molecule has 2 aromatic heterocycles. The van der Waals surface area contributed by atoms with Crippen LogP contribution in [0.4, 0.5) is 10.1 Å². The van der Waals surface area contributed by atoms with E-state index in [4.69, 9.17) is 11.6 Å². The minimum atomic E-state index is -0.485. The van der Waals surface area contributed by atoms with Crippen LogP contribution in [0.25, 0.3) is 22.6 Å². The normalized spacial score (nSPS) is 10.6. The van der Waals surface area contributed by atoms with E-state index in [2.05, 4.69) is 20.3 Å². The number of anilines is 1. The lowest BCUT2D eigenvalue weighted by atomic mass is 10.1. The molecule has 0 radical (unpaired) electrons. The molecule has 0 saturated heterocycles. The second kappa shape index (κ2) is 8.16. The Kier molecular flexibility index (Phi) is 5.27. The third-order valence-corrected chi connectivity index (χ3v) is 4.51. The third kappa shape index (κ3) is 4.12. The molecule has 2 aromatic carbocycles. The summed E-state index contributed by atoms with van der Waals surface area (Å²) in [6.07, 6.45) is 4.72. The number of amides is 1. The molecule has 0 atom stereocenters. The molecule has 0 spiro atoms. The van der Waals surface area contributed by atoms with Gasteiger partial charge in [-0.15, -0.1) is 0 Å². The second-order valence-corrected chi connectivity index (χ2v) is 6.54. The van der Waals surface area contributed by atoms with Crippen molar-refractivity contribution >= 4 is 23.2 Å². The fraction of sp³-hybridized carbons (Fsp3) is 0. The lowest BCUT2D eigenvalue weighted by Crippen LogP contribution is -2.15. The number of aromatic nitrogens is 3. The molecule has 29 heavy (non-hydrogen) atoms. The van der Waals surface area contributed by atoms with E-state index in [1.165, 1.54) is 18.3 Å². The van der Waals surface area contributed by atoms with Gasteiger partial charge in [0.05, 0.1) is 22.0 Å². The van der Waals surface area contributed by atoms with Crippen LogP contribution in [-0.4, -0.2) is 20.9 Å². The Morgan fingerprint density at radius 2 is 1.72 bits per heavy atom. The number of nitrogens with one attached hydrogen (secondary N) is 1. The Morgan fingerprint density at radius 3 is 2.45 bits per heavy atom. The first-order valence-electron chi connectivity index (χ1n) is 8.71. The Morgan fingerprint density at radius 1 is 0.966 bits per heavy atom. The van der Waals surface area contributed by atoms with Gasteiger partial charge in [-0.25, -0.2) is 14.4 Å². The van der Waals surface area contributed by atoms with Gasteiger partial charge in [0, 0.05) is 29.7 Å². The van der Waals surface area contributed by atoms with Gasteiger partial charge in [0.15, 0.2) is 5.82 Å². The van der Waals surface area contributed by atoms with E-state index >= 15 is 0 Å². The smallest absolute Gasteiger partial charge is 0.259 e. The average Bonchev–Trinajstić information content (AvgIpc) is 2.76. The zero-order valence-electron chi connectivity index (χ0n) is 15.0. The van der Waals surface area contributed by atoms with Gasteiger partial charge in [-0.05, 0) is 30.3 Å². The fourth-order valence-corrected chi connectivity index (χ4v) is 3.00. The zero-order chi connectivity index (χ0) is 20.2. The molecule has 0 fully saturated rings. The SMILES string of the molecule is O=C(Nc1ccc(F)cc1Cl)c1cnc(-c2ccccc2)nc1-c1ccncc1. The molecule has 5 nitrogen and oxygen atoms in total. The second-order valence-electron chi connectivity index (χ2n) is 6.14. The number of hydrogen-bond donors (Lipinski definition) is 1. The highest BCUT2D eigenvalue weighted by Gasteiger charge is 2.18. The molecule has 0 aliphatic heterocycles. The number of rotatable bonds is 4. The summed E-state index contributed by atoms with van der Waals surface area (Å²) in [5.41, 5.74) is 2.56. The van der Waals surface area contributed by atoms with Gasteiger partial charge in [-0.2, -0.15) is 0 Å². The number of carbonyl (C=O) groups excluding carboxylic acids is 1. The van der Waals surface area contributed by atoms with E-state index in [1.807, 2.05) is 30.3 Å². The average molecular weight is 405 g/mol. The summed E-state index contributed by atoms with van der Waals surface area (Å²) in [5.74, 6) is -0.445. The molecule has 4 aromatic rings. The highest BCUT2D eigenvalue weighted by molar-refractivity contribution is 6.34. The van der Waals surface area contributed by atoms with Gasteiger partial charge in [0.2, 0.25) is 0 Å². The first-order chi connectivity index (χ1) is 14.1. The highest BCUT2D eigenvalue weighted by atomic mass is 35.5. The van der Waals surface area contributed by atoms with Crippen molar-refractivity contribution in [3.8, 4) is 22.6 Å². The summed E-state index contributed by atoms with van der Waals surface area (Å²) in [5, 5.41) is 2.79. The monoisotopic (exact) mass is 404 g/mol. The number of hydrogen-bond acceptors (Lipinski definition) is 4. The van der Waals surface area contributed by atoms with Crippen LogP contribution in [0.3, 0.4) is 0 Å². The van der Waals surface area contributed by atoms with E-state index < -0.39 is 11.7 Å². The molecule has 0 aliphatic rings. The van der Waals surface area contributed by atoms with Crippen molar-refractivity contribution in [3.63, 3.8) is 0 Å². The van der Waals surface area contributed by atoms with Gasteiger partial charge in [-0.3, -0.25) is 9.78 Å². The Bertz CT molecular complexity index is 1170. The van der Waals surface area contributed by atoms with E-state index in [-0.39, 0.29) is 10.6 Å². The van der Waals surface area contributed by atoms with Gasteiger partial charge in [0.25, 0.3) is 5.91 Å². The fourth-order valence-electron chi connectivity index (χ4n) is 2.78. The van der Waals surface area contributed by atoms with Crippen LogP contribution in [0.2, 0.25) is 5.02 Å². The maximum Gasteiger partial charge on any atom is 0.259 e. The first kappa shape index (κ1) is 18.7. The molecular weight excluding hydrogens is 391 g/mol. The number of halogens is 2. The lowest BCUT2D eigenvalue weighted by Gasteiger charge is -2.12. The maximum absolute atomic E-state index is 13.3. The summed E-state index contributed by atoms with van der Waals surface area (Å²) >= 11 is 6.03. The summed E-state index contributed by atoms with van der Waals surface area (Å²) < 4.78 is 13.3. The Labute approximate surface area is 171 Å². The van der Waals surface area contributed by atoms with Crippen molar-refractivity contribution in [2.24, 2.45) is 0 Å². The number of benzene rings is 2. The Balaban J connectivity index is 1.77. The van der Waals surface area contributed by atoms with Crippen LogP contribution in [0.15, 0.2) is 79.3 Å². The molecule has 0 aliphatic carbocycles. The van der Waals surface area contributed by atoms with Crippen molar-refractivity contribution in [3.05, 3.63) is 95.7 Å². The molecule has 4 rings (SSSR count). The van der Waals surface area contributed by atoms with Crippen LogP contribution in [0.5, 0.6) is 0 Å². The van der Waals surface area contributed by atoms with Gasteiger partial charge < -0.3 is 5.32 Å². The molecule has 0 saturated carbocycles. The first-order valence-corrected chi connectivity index (χ1v) is 9.09. The van der Waals surface area contributed by atoms with E-state index in [1.54, 1.807) is 24.5 Å². The van der Waals surface area contributed by atoms with Crippen LogP contribution in [0, 0.1) is 5.82 Å². The largest absolute Gasteiger partial charge is 0.321 e. The molecular formula is C22H14ClFN4O. The summed E-state index contributed by atoms with van der Waals surface area (Å²) in [6.45, 7) is 0. The van der Waals surface area contributed by atoms with E-state index in [0.29, 0.717) is 17.2 Å². The molecule has 7 heteroatoms. The van der Waals surface area contributed by atoms with Crippen molar-refractivity contribution in [2.75, 3.05) is 5.32 Å². The molecule has 0 unspecified atom stereocenters.